The molecule has 0 aromatic carbocycles. The van der Waals surface area contributed by atoms with E-state index < -0.39 is 6.10 Å². The van der Waals surface area contributed by atoms with Crippen molar-refractivity contribution in [2.45, 2.75) is 32.0 Å². The molecule has 0 radical (unpaired) electrons. The smallest absolute Gasteiger partial charge is 0.0836 e. The second-order valence-electron chi connectivity index (χ2n) is 3.41. The average molecular weight is 204 g/mol. The first-order valence-corrected chi connectivity index (χ1v) is 5.27. The molecule has 0 amide bonds. The Labute approximate surface area is 86.2 Å². The van der Waals surface area contributed by atoms with Gasteiger partial charge in [0.15, 0.2) is 0 Å². The van der Waals surface area contributed by atoms with Gasteiger partial charge in [-0.05, 0) is 45.9 Å². The van der Waals surface area contributed by atoms with Gasteiger partial charge in [-0.3, -0.25) is 10.6 Å². The Morgan fingerprint density at radius 2 is 1.50 bits per heavy atom. The maximum atomic E-state index is 9.42. The van der Waals surface area contributed by atoms with Crippen LogP contribution < -0.4 is 22.1 Å². The maximum absolute atomic E-state index is 9.42. The lowest BCUT2D eigenvalue weighted by Crippen LogP contribution is -2.50. The minimum absolute atomic E-state index is 0.0619. The van der Waals surface area contributed by atoms with Crippen LogP contribution in [0.1, 0.15) is 19.8 Å². The first kappa shape index (κ1) is 13.8. The molecule has 14 heavy (non-hydrogen) atoms. The van der Waals surface area contributed by atoms with E-state index in [1.54, 1.807) is 6.92 Å². The van der Waals surface area contributed by atoms with E-state index in [-0.39, 0.29) is 6.17 Å². The summed E-state index contributed by atoms with van der Waals surface area (Å²) in [5.41, 5.74) is 10.7. The zero-order chi connectivity index (χ0) is 10.8. The quantitative estimate of drug-likeness (QED) is 0.234. The predicted molar refractivity (Wildman–Crippen MR) is 58.8 cm³/mol. The fraction of sp³-hybridized carbons (Fsp3) is 1.00. The van der Waals surface area contributed by atoms with Crippen molar-refractivity contribution >= 4 is 0 Å². The average Bonchev–Trinajstić information content (AvgIpc) is 2.15. The zero-order valence-corrected chi connectivity index (χ0v) is 9.00. The van der Waals surface area contributed by atoms with Gasteiger partial charge >= 0.3 is 0 Å². The van der Waals surface area contributed by atoms with Crippen LogP contribution in [0.3, 0.4) is 0 Å². The second kappa shape index (κ2) is 9.36. The largest absolute Gasteiger partial charge is 0.390 e. The van der Waals surface area contributed by atoms with E-state index in [0.29, 0.717) is 13.1 Å². The van der Waals surface area contributed by atoms with Crippen molar-refractivity contribution in [1.29, 1.82) is 0 Å². The van der Waals surface area contributed by atoms with Crippen LogP contribution in [0.25, 0.3) is 0 Å². The van der Waals surface area contributed by atoms with Crippen molar-refractivity contribution < 1.29 is 5.11 Å². The van der Waals surface area contributed by atoms with Gasteiger partial charge < -0.3 is 16.6 Å². The standard InChI is InChI=1S/C9H24N4O/c1-8(14)9(12-6-2-4-10)13-7-3-5-11/h8-9,12-14H,2-7,10-11H2,1H3. The normalized spacial score (nSPS) is 13.5. The van der Waals surface area contributed by atoms with Crippen LogP contribution in [-0.4, -0.2) is 43.6 Å². The van der Waals surface area contributed by atoms with E-state index in [1.165, 1.54) is 0 Å². The highest BCUT2D eigenvalue weighted by atomic mass is 16.3. The van der Waals surface area contributed by atoms with Crippen molar-refractivity contribution in [1.82, 2.24) is 10.6 Å². The Balaban J connectivity index is 3.55. The van der Waals surface area contributed by atoms with E-state index in [9.17, 15) is 5.11 Å². The molecule has 0 aliphatic carbocycles. The van der Waals surface area contributed by atoms with Crippen LogP contribution in [0.5, 0.6) is 0 Å². The first-order chi connectivity index (χ1) is 6.72. The first-order valence-electron chi connectivity index (χ1n) is 5.27. The van der Waals surface area contributed by atoms with Crippen molar-refractivity contribution in [3.63, 3.8) is 0 Å². The van der Waals surface area contributed by atoms with Gasteiger partial charge in [0.1, 0.15) is 0 Å². The number of rotatable bonds is 9. The summed E-state index contributed by atoms with van der Waals surface area (Å²) in [7, 11) is 0. The van der Waals surface area contributed by atoms with Crippen LogP contribution in [-0.2, 0) is 0 Å². The second-order valence-corrected chi connectivity index (χ2v) is 3.41. The molecule has 0 aromatic rings. The number of nitrogens with two attached hydrogens (primary N) is 2. The molecule has 1 unspecified atom stereocenters. The van der Waals surface area contributed by atoms with Crippen LogP contribution in [0, 0.1) is 0 Å². The Bertz CT molecular complexity index is 111. The fourth-order valence-corrected chi connectivity index (χ4v) is 1.13. The Kier molecular flexibility index (Phi) is 9.23. The third kappa shape index (κ3) is 7.23. The lowest BCUT2D eigenvalue weighted by atomic mass is 10.3. The third-order valence-electron chi connectivity index (χ3n) is 1.97. The lowest BCUT2D eigenvalue weighted by molar-refractivity contribution is 0.127. The molecule has 0 fully saturated rings. The molecule has 0 heterocycles. The van der Waals surface area contributed by atoms with E-state index >= 15 is 0 Å². The summed E-state index contributed by atoms with van der Waals surface area (Å²) < 4.78 is 0. The molecule has 1 atom stereocenters. The molecule has 0 aliphatic rings. The van der Waals surface area contributed by atoms with E-state index in [4.69, 9.17) is 11.5 Å². The molecule has 0 bridgehead atoms. The molecule has 0 rings (SSSR count). The minimum atomic E-state index is -0.412. The summed E-state index contributed by atoms with van der Waals surface area (Å²) in [5, 5.41) is 15.8. The number of aliphatic hydroxyl groups is 1. The van der Waals surface area contributed by atoms with Crippen LogP contribution in [0.15, 0.2) is 0 Å². The van der Waals surface area contributed by atoms with Gasteiger partial charge in [0.05, 0.1) is 12.3 Å². The topological polar surface area (TPSA) is 96.3 Å². The molecular weight excluding hydrogens is 180 g/mol. The molecule has 5 heteroatoms. The molecule has 5 nitrogen and oxygen atoms in total. The molecule has 0 spiro atoms. The summed E-state index contributed by atoms with van der Waals surface area (Å²) in [4.78, 5) is 0. The Morgan fingerprint density at radius 3 is 1.79 bits per heavy atom. The summed E-state index contributed by atoms with van der Waals surface area (Å²) in [6.45, 7) is 4.74. The predicted octanol–water partition coefficient (Wildman–Crippen LogP) is -1.43. The van der Waals surface area contributed by atoms with Crippen molar-refractivity contribution in [3.8, 4) is 0 Å². The number of nitrogens with one attached hydrogen (secondary N) is 2. The third-order valence-corrected chi connectivity index (χ3v) is 1.97. The highest BCUT2D eigenvalue weighted by Crippen LogP contribution is 1.89. The molecule has 0 saturated heterocycles. The Hall–Kier alpha value is -0.200. The molecule has 7 N–H and O–H groups in total. The van der Waals surface area contributed by atoms with Gasteiger partial charge in [0.25, 0.3) is 0 Å². The highest BCUT2D eigenvalue weighted by Gasteiger charge is 2.11. The molecule has 0 aliphatic heterocycles. The van der Waals surface area contributed by atoms with Crippen molar-refractivity contribution in [2.24, 2.45) is 11.5 Å². The number of hydrogen-bond donors (Lipinski definition) is 5. The highest BCUT2D eigenvalue weighted by molar-refractivity contribution is 4.70. The fourth-order valence-electron chi connectivity index (χ4n) is 1.13. The summed E-state index contributed by atoms with van der Waals surface area (Å²) in [6, 6.07) is 0. The van der Waals surface area contributed by atoms with Gasteiger partial charge in [0.2, 0.25) is 0 Å². The van der Waals surface area contributed by atoms with Crippen LogP contribution in [0.4, 0.5) is 0 Å². The summed E-state index contributed by atoms with van der Waals surface area (Å²) >= 11 is 0. The Morgan fingerprint density at radius 1 is 1.07 bits per heavy atom. The van der Waals surface area contributed by atoms with Gasteiger partial charge in [-0.15, -0.1) is 0 Å². The summed E-state index contributed by atoms with van der Waals surface area (Å²) in [5.74, 6) is 0. The molecule has 0 saturated carbocycles. The van der Waals surface area contributed by atoms with Crippen molar-refractivity contribution in [2.75, 3.05) is 26.2 Å². The van der Waals surface area contributed by atoms with Crippen LogP contribution >= 0.6 is 0 Å². The lowest BCUT2D eigenvalue weighted by Gasteiger charge is -2.22. The van der Waals surface area contributed by atoms with Gasteiger partial charge in [0, 0.05) is 0 Å². The zero-order valence-electron chi connectivity index (χ0n) is 9.00. The number of hydrogen-bond acceptors (Lipinski definition) is 5. The van der Waals surface area contributed by atoms with Gasteiger partial charge in [-0.1, -0.05) is 0 Å². The van der Waals surface area contributed by atoms with Gasteiger partial charge in [-0.2, -0.15) is 0 Å². The van der Waals surface area contributed by atoms with E-state index in [0.717, 1.165) is 25.9 Å². The van der Waals surface area contributed by atoms with E-state index in [1.807, 2.05) is 0 Å². The van der Waals surface area contributed by atoms with Crippen LogP contribution in [0.2, 0.25) is 0 Å². The SMILES string of the molecule is CC(O)C(NCCCN)NCCCN. The van der Waals surface area contributed by atoms with Gasteiger partial charge in [-0.25, -0.2) is 0 Å². The monoisotopic (exact) mass is 204 g/mol. The summed E-state index contributed by atoms with van der Waals surface area (Å²) in [6.07, 6.45) is 1.36. The molecular formula is C9H24N4O. The van der Waals surface area contributed by atoms with E-state index in [2.05, 4.69) is 10.6 Å². The molecule has 0 aromatic heterocycles. The number of aliphatic hydroxyl groups excluding tert-OH is 1. The minimum Gasteiger partial charge on any atom is -0.390 e. The maximum Gasteiger partial charge on any atom is 0.0836 e. The van der Waals surface area contributed by atoms with Crippen molar-refractivity contribution in [3.05, 3.63) is 0 Å². The molecule has 86 valence electrons.